The van der Waals surface area contributed by atoms with Crippen molar-refractivity contribution in [1.29, 1.82) is 0 Å². The lowest BCUT2D eigenvalue weighted by molar-refractivity contribution is -0.138. The monoisotopic (exact) mass is 336 g/mol. The van der Waals surface area contributed by atoms with E-state index in [0.717, 1.165) is 16.7 Å². The number of hydrogen-bond donors (Lipinski definition) is 1. The van der Waals surface area contributed by atoms with Crippen molar-refractivity contribution in [3.63, 3.8) is 0 Å². The number of pyridine rings is 1. The summed E-state index contributed by atoms with van der Waals surface area (Å²) in [7, 11) is 0. The smallest absolute Gasteiger partial charge is 0.320 e. The Labute approximate surface area is 114 Å². The van der Waals surface area contributed by atoms with E-state index in [0.29, 0.717) is 4.88 Å². The van der Waals surface area contributed by atoms with E-state index in [-0.39, 0.29) is 5.56 Å². The van der Waals surface area contributed by atoms with Crippen LogP contribution in [-0.2, 0) is 6.18 Å². The van der Waals surface area contributed by atoms with Crippen LogP contribution in [0.4, 0.5) is 13.2 Å². The highest BCUT2D eigenvalue weighted by molar-refractivity contribution is 9.10. The van der Waals surface area contributed by atoms with Crippen LogP contribution in [0.15, 0.2) is 34.4 Å². The van der Waals surface area contributed by atoms with E-state index in [9.17, 15) is 13.2 Å². The zero-order chi connectivity index (χ0) is 13.3. The summed E-state index contributed by atoms with van der Waals surface area (Å²) < 4.78 is 39.3. The number of nitrogens with two attached hydrogens (primary N) is 1. The summed E-state index contributed by atoms with van der Waals surface area (Å²) in [6.45, 7) is 0. The summed E-state index contributed by atoms with van der Waals surface area (Å²) in [4.78, 5) is 4.38. The van der Waals surface area contributed by atoms with Gasteiger partial charge in [0.1, 0.15) is 0 Å². The van der Waals surface area contributed by atoms with E-state index >= 15 is 0 Å². The van der Waals surface area contributed by atoms with Crippen molar-refractivity contribution in [2.45, 2.75) is 12.2 Å². The highest BCUT2D eigenvalue weighted by Crippen LogP contribution is 2.36. The Morgan fingerprint density at radius 2 is 2.11 bits per heavy atom. The molecular weight excluding hydrogens is 329 g/mol. The Morgan fingerprint density at radius 1 is 1.39 bits per heavy atom. The Morgan fingerprint density at radius 3 is 2.67 bits per heavy atom. The van der Waals surface area contributed by atoms with E-state index < -0.39 is 17.8 Å². The normalized spacial score (nSPS) is 13.6. The lowest BCUT2D eigenvalue weighted by Crippen LogP contribution is -2.18. The fourth-order valence-corrected chi connectivity index (χ4v) is 3.02. The number of nitrogens with zero attached hydrogens (tertiary/aromatic N) is 1. The Kier molecular flexibility index (Phi) is 3.74. The zero-order valence-corrected chi connectivity index (χ0v) is 11.3. The molecule has 0 saturated heterocycles. The Bertz CT molecular complexity index is 553. The van der Waals surface area contributed by atoms with E-state index in [1.807, 2.05) is 0 Å². The van der Waals surface area contributed by atoms with Gasteiger partial charge in [-0.15, -0.1) is 11.3 Å². The second kappa shape index (κ2) is 4.99. The van der Waals surface area contributed by atoms with Crippen LogP contribution in [0.5, 0.6) is 0 Å². The SMILES string of the molecule is NC(c1cc(Br)cs1)c1cnccc1C(F)(F)F. The Balaban J connectivity index is 2.45. The Hall–Kier alpha value is -0.920. The van der Waals surface area contributed by atoms with Gasteiger partial charge in [-0.05, 0) is 28.1 Å². The van der Waals surface area contributed by atoms with Gasteiger partial charge in [0.2, 0.25) is 0 Å². The molecule has 0 aliphatic heterocycles. The minimum Gasteiger partial charge on any atom is -0.320 e. The molecule has 2 rings (SSSR count). The second-order valence-corrected chi connectivity index (χ2v) is 5.46. The molecule has 2 N–H and O–H groups in total. The average molecular weight is 337 g/mol. The molecule has 96 valence electrons. The van der Waals surface area contributed by atoms with Gasteiger partial charge >= 0.3 is 6.18 Å². The number of hydrogen-bond acceptors (Lipinski definition) is 3. The molecule has 7 heteroatoms. The van der Waals surface area contributed by atoms with Crippen molar-refractivity contribution >= 4 is 27.3 Å². The number of rotatable bonds is 2. The summed E-state index contributed by atoms with van der Waals surface area (Å²) in [6, 6.07) is 1.83. The first kappa shape index (κ1) is 13.5. The van der Waals surface area contributed by atoms with Crippen molar-refractivity contribution in [3.8, 4) is 0 Å². The molecule has 2 nitrogen and oxygen atoms in total. The summed E-state index contributed by atoms with van der Waals surface area (Å²) in [5.41, 5.74) is 5.12. The molecular formula is C11H8BrF3N2S. The fraction of sp³-hybridized carbons (Fsp3) is 0.182. The van der Waals surface area contributed by atoms with Gasteiger partial charge < -0.3 is 5.73 Å². The number of alkyl halides is 3. The molecule has 0 radical (unpaired) electrons. The minimum atomic E-state index is -4.43. The lowest BCUT2D eigenvalue weighted by atomic mass is 10.0. The van der Waals surface area contributed by atoms with Crippen LogP contribution in [0.25, 0.3) is 0 Å². The molecule has 0 aliphatic carbocycles. The maximum atomic E-state index is 12.8. The number of halogens is 4. The van der Waals surface area contributed by atoms with Gasteiger partial charge in [-0.1, -0.05) is 0 Å². The zero-order valence-electron chi connectivity index (χ0n) is 8.91. The molecule has 2 heterocycles. The summed E-state index contributed by atoms with van der Waals surface area (Å²) in [5, 5.41) is 1.78. The first-order valence-electron chi connectivity index (χ1n) is 4.90. The number of aromatic nitrogens is 1. The third kappa shape index (κ3) is 2.73. The van der Waals surface area contributed by atoms with Gasteiger partial charge in [0, 0.05) is 32.7 Å². The fourth-order valence-electron chi connectivity index (χ4n) is 1.56. The van der Waals surface area contributed by atoms with Gasteiger partial charge in [0.05, 0.1) is 11.6 Å². The topological polar surface area (TPSA) is 38.9 Å². The van der Waals surface area contributed by atoms with Crippen LogP contribution in [0, 0.1) is 0 Å². The average Bonchev–Trinajstić information content (AvgIpc) is 2.74. The van der Waals surface area contributed by atoms with E-state index in [4.69, 9.17) is 5.73 Å². The highest BCUT2D eigenvalue weighted by atomic mass is 79.9. The van der Waals surface area contributed by atoms with Gasteiger partial charge in [-0.3, -0.25) is 4.98 Å². The maximum absolute atomic E-state index is 12.8. The summed E-state index contributed by atoms with van der Waals surface area (Å²) in [6.07, 6.45) is -2.14. The van der Waals surface area contributed by atoms with Crippen LogP contribution in [-0.4, -0.2) is 4.98 Å². The maximum Gasteiger partial charge on any atom is 0.416 e. The minimum absolute atomic E-state index is 0.0145. The summed E-state index contributed by atoms with van der Waals surface area (Å²) >= 11 is 4.55. The molecule has 0 aliphatic rings. The molecule has 1 unspecified atom stereocenters. The molecule has 2 aromatic rings. The first-order valence-corrected chi connectivity index (χ1v) is 6.57. The van der Waals surface area contributed by atoms with Gasteiger partial charge in [0.15, 0.2) is 0 Å². The van der Waals surface area contributed by atoms with Gasteiger partial charge in [0.25, 0.3) is 0 Å². The van der Waals surface area contributed by atoms with Crippen LogP contribution in [0.1, 0.15) is 22.0 Å². The molecule has 0 saturated carbocycles. The van der Waals surface area contributed by atoms with Crippen molar-refractivity contribution in [2.24, 2.45) is 5.73 Å². The first-order chi connectivity index (χ1) is 8.39. The van der Waals surface area contributed by atoms with Crippen LogP contribution in [0.2, 0.25) is 0 Å². The van der Waals surface area contributed by atoms with E-state index in [1.165, 1.54) is 17.5 Å². The summed E-state index contributed by atoms with van der Waals surface area (Å²) in [5.74, 6) is 0. The van der Waals surface area contributed by atoms with Gasteiger partial charge in [-0.25, -0.2) is 0 Å². The molecule has 1 atom stereocenters. The third-order valence-electron chi connectivity index (χ3n) is 2.39. The highest BCUT2D eigenvalue weighted by Gasteiger charge is 2.35. The predicted molar refractivity (Wildman–Crippen MR) is 67.3 cm³/mol. The van der Waals surface area contributed by atoms with Crippen molar-refractivity contribution in [1.82, 2.24) is 4.98 Å². The molecule has 0 spiro atoms. The lowest BCUT2D eigenvalue weighted by Gasteiger charge is -2.16. The molecule has 0 bridgehead atoms. The number of thiophene rings is 1. The van der Waals surface area contributed by atoms with Crippen LogP contribution < -0.4 is 5.73 Å². The molecule has 18 heavy (non-hydrogen) atoms. The molecule has 2 aromatic heterocycles. The van der Waals surface area contributed by atoms with Crippen molar-refractivity contribution in [3.05, 3.63) is 50.4 Å². The largest absolute Gasteiger partial charge is 0.416 e. The van der Waals surface area contributed by atoms with Crippen LogP contribution in [0.3, 0.4) is 0 Å². The van der Waals surface area contributed by atoms with E-state index in [2.05, 4.69) is 20.9 Å². The molecule has 0 aromatic carbocycles. The third-order valence-corrected chi connectivity index (χ3v) is 4.16. The second-order valence-electron chi connectivity index (χ2n) is 3.61. The molecule has 0 fully saturated rings. The quantitative estimate of drug-likeness (QED) is 0.901. The van der Waals surface area contributed by atoms with Crippen molar-refractivity contribution < 1.29 is 13.2 Å². The predicted octanol–water partition coefficient (Wildman–Crippen LogP) is 3.97. The standard InChI is InChI=1S/C11H8BrF3N2S/c12-6-3-9(18-5-6)10(16)7-4-17-2-1-8(7)11(13,14)15/h1-5,10H,16H2. The molecule has 0 amide bonds. The van der Waals surface area contributed by atoms with Crippen molar-refractivity contribution in [2.75, 3.05) is 0 Å². The van der Waals surface area contributed by atoms with Crippen LogP contribution >= 0.6 is 27.3 Å². The van der Waals surface area contributed by atoms with Gasteiger partial charge in [-0.2, -0.15) is 13.2 Å². The van der Waals surface area contributed by atoms with E-state index in [1.54, 1.807) is 11.4 Å².